The van der Waals surface area contributed by atoms with Crippen molar-refractivity contribution in [3.8, 4) is 11.5 Å². The number of benzene rings is 1. The average Bonchev–Trinajstić information content (AvgIpc) is 2.81. The normalized spacial score (nSPS) is 19.2. The zero-order chi connectivity index (χ0) is 25.5. The maximum absolute atomic E-state index is 13.0. The van der Waals surface area contributed by atoms with Crippen molar-refractivity contribution in [2.45, 2.75) is 58.8 Å². The Kier molecular flexibility index (Phi) is 6.38. The Morgan fingerprint density at radius 1 is 1.40 bits per heavy atom. The van der Waals surface area contributed by atoms with E-state index in [9.17, 15) is 19.8 Å². The minimum absolute atomic E-state index is 0.0135. The smallest absolute Gasteiger partial charge is 0.333 e. The number of dihydropyridines is 1. The Bertz CT molecular complexity index is 1350. The third-order valence-corrected chi connectivity index (χ3v) is 6.43. The van der Waals surface area contributed by atoms with Gasteiger partial charge in [0.05, 0.1) is 5.82 Å². The third-order valence-electron chi connectivity index (χ3n) is 6.43. The first-order valence-corrected chi connectivity index (χ1v) is 11.4. The summed E-state index contributed by atoms with van der Waals surface area (Å²) in [6, 6.07) is 1.15. The van der Waals surface area contributed by atoms with Gasteiger partial charge in [-0.25, -0.2) is 4.79 Å². The van der Waals surface area contributed by atoms with E-state index in [2.05, 4.69) is 5.32 Å². The van der Waals surface area contributed by atoms with E-state index < -0.39 is 29.7 Å². The molecular formula is C26H30N2O7. The number of carbonyl (C=O) groups excluding carboxylic acids is 1. The number of rotatable bonds is 5. The number of hydrogen-bond acceptors (Lipinski definition) is 9. The van der Waals surface area contributed by atoms with Crippen LogP contribution in [0.15, 0.2) is 50.5 Å². The molecule has 2 aromatic rings. The first-order valence-electron chi connectivity index (χ1n) is 11.4. The summed E-state index contributed by atoms with van der Waals surface area (Å²) in [6.07, 6.45) is 5.11. The summed E-state index contributed by atoms with van der Waals surface area (Å²) in [5.41, 5.74) is 6.87. The van der Waals surface area contributed by atoms with Gasteiger partial charge in [0, 0.05) is 42.2 Å². The van der Waals surface area contributed by atoms with Gasteiger partial charge in [-0.1, -0.05) is 12.2 Å². The molecule has 2 aliphatic rings. The zero-order valence-electron chi connectivity index (χ0n) is 20.2. The van der Waals surface area contributed by atoms with Gasteiger partial charge in [-0.15, -0.1) is 0 Å². The van der Waals surface area contributed by atoms with E-state index in [-0.39, 0.29) is 28.9 Å². The van der Waals surface area contributed by atoms with E-state index in [4.69, 9.17) is 19.6 Å². The number of aliphatic hydroxyl groups is 1. The number of nitrogens with two attached hydrogens (primary N) is 1. The second-order valence-electron chi connectivity index (χ2n) is 9.29. The van der Waals surface area contributed by atoms with Crippen LogP contribution in [-0.4, -0.2) is 34.4 Å². The topological polar surface area (TPSA) is 144 Å². The van der Waals surface area contributed by atoms with Gasteiger partial charge in [0.1, 0.15) is 46.5 Å². The van der Waals surface area contributed by atoms with E-state index in [0.29, 0.717) is 41.2 Å². The lowest BCUT2D eigenvalue weighted by atomic mass is 9.86. The lowest BCUT2D eigenvalue weighted by molar-refractivity contribution is -0.156. The molecule has 4 rings (SSSR count). The third kappa shape index (κ3) is 4.51. The van der Waals surface area contributed by atoms with E-state index in [1.54, 1.807) is 39.8 Å². The van der Waals surface area contributed by atoms with Crippen molar-refractivity contribution in [3.05, 3.63) is 68.4 Å². The number of fused-ring (bicyclic) bond motifs is 2. The van der Waals surface area contributed by atoms with Crippen molar-refractivity contribution < 1.29 is 28.9 Å². The Morgan fingerprint density at radius 2 is 2.14 bits per heavy atom. The van der Waals surface area contributed by atoms with Crippen LogP contribution in [0, 0.1) is 0 Å². The van der Waals surface area contributed by atoms with E-state index in [1.807, 2.05) is 6.08 Å². The first kappa shape index (κ1) is 24.4. The molecule has 1 aromatic heterocycles. The van der Waals surface area contributed by atoms with Gasteiger partial charge in [-0.2, -0.15) is 0 Å². The standard InChI is InChI=1S/C26H30N2O7/c1-5-13(2)25(32)34-19-11-16-22(31)21-18(30)10-15(12-29)33-24(21)17(23(16)35-26(19,3)4)8-14-6-7-28-20(27)9-14/h5-6,9-10,19,28-29,31H,7-8,11-12,27H2,1-4H3. The molecule has 9 heteroatoms. The quantitative estimate of drug-likeness (QED) is 0.373. The molecule has 0 fully saturated rings. The van der Waals surface area contributed by atoms with Crippen LogP contribution in [0.5, 0.6) is 11.5 Å². The number of esters is 1. The summed E-state index contributed by atoms with van der Waals surface area (Å²) >= 11 is 0. The number of hydrogen-bond donors (Lipinski definition) is 4. The predicted molar refractivity (Wildman–Crippen MR) is 130 cm³/mol. The molecule has 0 spiro atoms. The molecule has 1 unspecified atom stereocenters. The summed E-state index contributed by atoms with van der Waals surface area (Å²) in [5.74, 6) is 0.168. The zero-order valence-corrected chi connectivity index (χ0v) is 20.2. The number of ether oxygens (including phenoxy) is 2. The molecule has 9 nitrogen and oxygen atoms in total. The van der Waals surface area contributed by atoms with Gasteiger partial charge in [-0.05, 0) is 39.3 Å². The van der Waals surface area contributed by atoms with Gasteiger partial charge < -0.3 is 35.2 Å². The van der Waals surface area contributed by atoms with Crippen molar-refractivity contribution in [2.75, 3.05) is 6.54 Å². The predicted octanol–water partition coefficient (Wildman–Crippen LogP) is 2.45. The van der Waals surface area contributed by atoms with Crippen LogP contribution >= 0.6 is 0 Å². The van der Waals surface area contributed by atoms with E-state index in [1.165, 1.54) is 0 Å². The molecule has 0 saturated heterocycles. The average molecular weight is 483 g/mol. The SMILES string of the molecule is CC=C(C)C(=O)OC1Cc2c(c(CC3=CCNC(N)=C3)c3oc(CO)cc(=O)c3c2O)OC1(C)C. The molecule has 0 aliphatic carbocycles. The number of phenols is 1. The van der Waals surface area contributed by atoms with E-state index >= 15 is 0 Å². The molecule has 2 aliphatic heterocycles. The highest BCUT2D eigenvalue weighted by atomic mass is 16.6. The number of carbonyl (C=O) groups is 1. The van der Waals surface area contributed by atoms with E-state index in [0.717, 1.165) is 11.6 Å². The lowest BCUT2D eigenvalue weighted by Crippen LogP contribution is -2.49. The van der Waals surface area contributed by atoms with Crippen LogP contribution < -0.4 is 21.2 Å². The molecule has 5 N–H and O–H groups in total. The van der Waals surface area contributed by atoms with Crippen LogP contribution in [0.25, 0.3) is 11.0 Å². The van der Waals surface area contributed by atoms with Crippen molar-refractivity contribution in [1.29, 1.82) is 0 Å². The summed E-state index contributed by atoms with van der Waals surface area (Å²) in [6.45, 7) is 7.06. The number of nitrogens with one attached hydrogen (secondary N) is 1. The van der Waals surface area contributed by atoms with Gasteiger partial charge in [-0.3, -0.25) is 4.79 Å². The number of aliphatic hydroxyl groups excluding tert-OH is 1. The van der Waals surface area contributed by atoms with Crippen LogP contribution in [0.2, 0.25) is 0 Å². The molecule has 1 atom stereocenters. The second kappa shape index (κ2) is 9.14. The van der Waals surface area contributed by atoms with Crippen LogP contribution in [0.1, 0.15) is 44.6 Å². The highest BCUT2D eigenvalue weighted by molar-refractivity contribution is 5.91. The molecule has 0 radical (unpaired) electrons. The monoisotopic (exact) mass is 482 g/mol. The van der Waals surface area contributed by atoms with Crippen molar-refractivity contribution in [2.24, 2.45) is 5.73 Å². The summed E-state index contributed by atoms with van der Waals surface area (Å²) in [7, 11) is 0. The Balaban J connectivity index is 1.92. The summed E-state index contributed by atoms with van der Waals surface area (Å²) in [5, 5.41) is 23.8. The fourth-order valence-corrected chi connectivity index (χ4v) is 4.29. The van der Waals surface area contributed by atoms with Crippen molar-refractivity contribution >= 4 is 16.9 Å². The maximum Gasteiger partial charge on any atom is 0.333 e. The molecule has 0 bridgehead atoms. The van der Waals surface area contributed by atoms with Crippen LogP contribution in [-0.2, 0) is 29.0 Å². The summed E-state index contributed by atoms with van der Waals surface area (Å²) < 4.78 is 18.0. The lowest BCUT2D eigenvalue weighted by Gasteiger charge is -2.40. The van der Waals surface area contributed by atoms with Gasteiger partial charge >= 0.3 is 5.97 Å². The minimum atomic E-state index is -0.947. The van der Waals surface area contributed by atoms with Crippen LogP contribution in [0.3, 0.4) is 0 Å². The molecule has 0 saturated carbocycles. The van der Waals surface area contributed by atoms with Gasteiger partial charge in [0.2, 0.25) is 0 Å². The number of allylic oxidation sites excluding steroid dienone is 3. The second-order valence-corrected chi connectivity index (χ2v) is 9.29. The Labute approximate surface area is 202 Å². The highest BCUT2D eigenvalue weighted by Crippen LogP contribution is 2.47. The molecule has 3 heterocycles. The highest BCUT2D eigenvalue weighted by Gasteiger charge is 2.43. The van der Waals surface area contributed by atoms with Crippen molar-refractivity contribution in [1.82, 2.24) is 5.32 Å². The number of phenolic OH excluding ortho intramolecular Hbond substituents is 1. The fourth-order valence-electron chi connectivity index (χ4n) is 4.29. The largest absolute Gasteiger partial charge is 0.507 e. The fraction of sp³-hybridized carbons (Fsp3) is 0.385. The van der Waals surface area contributed by atoms with Crippen molar-refractivity contribution in [3.63, 3.8) is 0 Å². The first-order chi connectivity index (χ1) is 16.6. The molecule has 186 valence electrons. The number of aromatic hydroxyl groups is 1. The van der Waals surface area contributed by atoms with Gasteiger partial charge in [0.25, 0.3) is 0 Å². The molecule has 35 heavy (non-hydrogen) atoms. The van der Waals surface area contributed by atoms with Crippen LogP contribution in [0.4, 0.5) is 0 Å². The Hall–Kier alpha value is -3.72. The molecule has 1 aromatic carbocycles. The van der Waals surface area contributed by atoms with Gasteiger partial charge in [0.15, 0.2) is 5.43 Å². The molecule has 0 amide bonds. The minimum Gasteiger partial charge on any atom is -0.507 e. The maximum atomic E-state index is 13.0. The molecular weight excluding hydrogens is 452 g/mol. The Morgan fingerprint density at radius 3 is 2.80 bits per heavy atom. The summed E-state index contributed by atoms with van der Waals surface area (Å²) in [4.78, 5) is 25.5.